The topological polar surface area (TPSA) is 65.0 Å². The summed E-state index contributed by atoms with van der Waals surface area (Å²) >= 11 is 0. The first-order valence-corrected chi connectivity index (χ1v) is 12.5. The zero-order valence-corrected chi connectivity index (χ0v) is 17.6. The minimum absolute atomic E-state index is 0.247. The quantitative estimate of drug-likeness (QED) is 0.352. The van der Waals surface area contributed by atoms with Crippen LogP contribution in [-0.2, 0) is 18.7 Å². The molecule has 0 amide bonds. The van der Waals surface area contributed by atoms with Crippen LogP contribution in [0.25, 0.3) is 0 Å². The number of hydrogen-bond acceptors (Lipinski definition) is 4. The van der Waals surface area contributed by atoms with Gasteiger partial charge in [-0.3, -0.25) is 4.52 Å². The molecular weight excluding hydrogens is 351 g/mol. The second-order valence-electron chi connectivity index (χ2n) is 7.56. The van der Waals surface area contributed by atoms with Gasteiger partial charge in [0.15, 0.2) is 0 Å². The Bertz CT molecular complexity index is 323. The molecule has 1 atom stereocenters. The maximum Gasteiger partial charge on any atom is 0.499 e. The Morgan fingerprint density at radius 2 is 0.808 bits per heavy atom. The molecule has 156 valence electrons. The van der Waals surface area contributed by atoms with Crippen LogP contribution in [0.3, 0.4) is 0 Å². The van der Waals surface area contributed by atoms with Crippen LogP contribution in [0.2, 0.25) is 0 Å². The first kappa shape index (κ1) is 24.1. The van der Waals surface area contributed by atoms with Crippen LogP contribution >= 0.6 is 7.82 Å². The summed E-state index contributed by atoms with van der Waals surface area (Å²) in [5.74, 6) is 0. The molecular formula is C20H41O5P. The zero-order valence-electron chi connectivity index (χ0n) is 16.7. The molecule has 1 saturated heterocycles. The molecule has 0 aromatic carbocycles. The largest absolute Gasteiger partial charge is 0.499 e. The molecule has 1 N–H and O–H groups in total. The molecule has 1 heterocycles. The lowest BCUT2D eigenvalue weighted by Gasteiger charge is -2.11. The normalized spacial score (nSPS) is 28.8. The molecule has 1 fully saturated rings. The van der Waals surface area contributed by atoms with E-state index in [1.54, 1.807) is 0 Å². The van der Waals surface area contributed by atoms with E-state index in [0.29, 0.717) is 6.61 Å². The molecule has 1 rings (SSSR count). The Kier molecular flexibility index (Phi) is 15.9. The van der Waals surface area contributed by atoms with Gasteiger partial charge in [-0.25, -0.2) is 9.45 Å². The molecule has 0 aliphatic carbocycles. The van der Waals surface area contributed by atoms with Crippen LogP contribution in [0.4, 0.5) is 0 Å². The van der Waals surface area contributed by atoms with Crippen LogP contribution in [0.5, 0.6) is 0 Å². The molecule has 5 nitrogen and oxygen atoms in total. The van der Waals surface area contributed by atoms with Gasteiger partial charge >= 0.3 is 7.82 Å². The number of phosphoric acid groups is 1. The molecule has 0 spiro atoms. The van der Waals surface area contributed by atoms with Gasteiger partial charge < -0.3 is 4.89 Å². The van der Waals surface area contributed by atoms with Gasteiger partial charge in [0.1, 0.15) is 0 Å². The lowest BCUT2D eigenvalue weighted by Crippen LogP contribution is -2.00. The maximum absolute atomic E-state index is 11.6. The highest BCUT2D eigenvalue weighted by molar-refractivity contribution is 7.47. The summed E-state index contributed by atoms with van der Waals surface area (Å²) in [4.78, 5) is 14.4. The van der Waals surface area contributed by atoms with Crippen molar-refractivity contribution in [2.24, 2.45) is 0 Å². The van der Waals surface area contributed by atoms with Gasteiger partial charge in [-0.2, -0.15) is 0 Å². The van der Waals surface area contributed by atoms with Crippen LogP contribution < -0.4 is 0 Å². The summed E-state index contributed by atoms with van der Waals surface area (Å²) in [7, 11) is -4.05. The Morgan fingerprint density at radius 1 is 0.500 bits per heavy atom. The number of phosphoric ester groups is 1. The molecule has 1 unspecified atom stereocenters. The molecule has 1 aliphatic rings. The maximum atomic E-state index is 11.6. The van der Waals surface area contributed by atoms with Crippen molar-refractivity contribution in [1.29, 1.82) is 0 Å². The molecule has 26 heavy (non-hydrogen) atoms. The van der Waals surface area contributed by atoms with Crippen molar-refractivity contribution in [2.75, 3.05) is 13.2 Å². The third-order valence-corrected chi connectivity index (χ3v) is 5.83. The average molecular weight is 393 g/mol. The van der Waals surface area contributed by atoms with E-state index in [0.717, 1.165) is 32.1 Å². The molecule has 0 saturated carbocycles. The van der Waals surface area contributed by atoms with E-state index in [9.17, 15) is 9.46 Å². The van der Waals surface area contributed by atoms with Gasteiger partial charge in [0.25, 0.3) is 0 Å². The highest BCUT2D eigenvalue weighted by atomic mass is 31.2. The Hall–Kier alpha value is 0.0700. The lowest BCUT2D eigenvalue weighted by molar-refractivity contribution is -0.225. The minimum Gasteiger partial charge on any atom is -0.301 e. The summed E-state index contributed by atoms with van der Waals surface area (Å²) in [5.41, 5.74) is 0. The third kappa shape index (κ3) is 16.3. The standard InChI is InChI=1S/C20H41O5P/c21-26(22)24-20-18-16-14-12-10-8-6-4-2-1-3-5-7-9-11-13-15-17-19-23-25-26/h1-20H2,(H,21,22). The molecule has 0 bridgehead atoms. The minimum atomic E-state index is -4.05. The van der Waals surface area contributed by atoms with Crippen molar-refractivity contribution in [1.82, 2.24) is 0 Å². The van der Waals surface area contributed by atoms with Crippen molar-refractivity contribution in [3.05, 3.63) is 0 Å². The highest BCUT2D eigenvalue weighted by Gasteiger charge is 2.22. The Labute approximate surface area is 160 Å². The summed E-state index contributed by atoms with van der Waals surface area (Å²) in [5, 5.41) is 0. The summed E-state index contributed by atoms with van der Waals surface area (Å²) in [6, 6.07) is 0. The van der Waals surface area contributed by atoms with Crippen molar-refractivity contribution in [2.45, 2.75) is 116 Å². The van der Waals surface area contributed by atoms with E-state index in [1.807, 2.05) is 0 Å². The Balaban J connectivity index is 2.15. The van der Waals surface area contributed by atoms with E-state index >= 15 is 0 Å². The molecule has 1 aliphatic heterocycles. The van der Waals surface area contributed by atoms with Crippen LogP contribution in [0.15, 0.2) is 0 Å². The first-order valence-electron chi connectivity index (χ1n) is 11.0. The second kappa shape index (κ2) is 17.2. The fourth-order valence-corrected chi connectivity index (χ4v) is 4.01. The third-order valence-electron chi connectivity index (χ3n) is 5.02. The van der Waals surface area contributed by atoms with E-state index < -0.39 is 7.82 Å². The summed E-state index contributed by atoms with van der Waals surface area (Å²) in [6.45, 7) is 0.588. The van der Waals surface area contributed by atoms with Crippen LogP contribution in [-0.4, -0.2) is 18.1 Å². The van der Waals surface area contributed by atoms with Crippen molar-refractivity contribution < 1.29 is 23.5 Å². The van der Waals surface area contributed by atoms with Gasteiger partial charge in [0.05, 0.1) is 13.2 Å². The summed E-state index contributed by atoms with van der Waals surface area (Å²) in [6.07, 6.45) is 22.3. The van der Waals surface area contributed by atoms with Gasteiger partial charge in [-0.05, 0) is 12.8 Å². The van der Waals surface area contributed by atoms with Gasteiger partial charge in [0, 0.05) is 0 Å². The van der Waals surface area contributed by atoms with E-state index in [4.69, 9.17) is 9.41 Å². The van der Waals surface area contributed by atoms with Crippen molar-refractivity contribution in [3.8, 4) is 0 Å². The predicted octanol–water partition coefficient (Wildman–Crippen LogP) is 7.09. The number of hydrogen-bond donors (Lipinski definition) is 1. The van der Waals surface area contributed by atoms with E-state index in [-0.39, 0.29) is 6.61 Å². The van der Waals surface area contributed by atoms with Crippen molar-refractivity contribution in [3.63, 3.8) is 0 Å². The Morgan fingerprint density at radius 3 is 1.19 bits per heavy atom. The second-order valence-corrected chi connectivity index (χ2v) is 8.91. The van der Waals surface area contributed by atoms with Gasteiger partial charge in [-0.1, -0.05) is 103 Å². The van der Waals surface area contributed by atoms with Gasteiger partial charge in [0.2, 0.25) is 0 Å². The monoisotopic (exact) mass is 392 g/mol. The predicted molar refractivity (Wildman–Crippen MR) is 106 cm³/mol. The molecule has 6 heteroatoms. The fraction of sp³-hybridized carbons (Fsp3) is 1.00. The lowest BCUT2D eigenvalue weighted by atomic mass is 10.0. The van der Waals surface area contributed by atoms with Crippen LogP contribution in [0.1, 0.15) is 116 Å². The smallest absolute Gasteiger partial charge is 0.301 e. The van der Waals surface area contributed by atoms with Crippen molar-refractivity contribution >= 4 is 7.82 Å². The zero-order chi connectivity index (χ0) is 18.8. The molecule has 0 aromatic heterocycles. The number of rotatable bonds is 0. The molecule has 0 radical (unpaired) electrons. The fourth-order valence-electron chi connectivity index (χ4n) is 3.40. The van der Waals surface area contributed by atoms with Gasteiger partial charge in [-0.15, -0.1) is 4.67 Å². The molecule has 0 aromatic rings. The van der Waals surface area contributed by atoms with E-state index in [1.165, 1.54) is 83.5 Å². The SMILES string of the molecule is O=P1(O)OCCCCCCCCCCCCCCCCCCCCOO1. The first-order chi connectivity index (χ1) is 12.7. The van der Waals surface area contributed by atoms with Crippen LogP contribution in [0, 0.1) is 0 Å². The highest BCUT2D eigenvalue weighted by Crippen LogP contribution is 2.43. The van der Waals surface area contributed by atoms with E-state index in [2.05, 4.69) is 4.67 Å². The average Bonchev–Trinajstić information content (AvgIpc) is 2.61. The summed E-state index contributed by atoms with van der Waals surface area (Å²) < 4.78 is 21.1.